The maximum absolute atomic E-state index is 12.7. The Morgan fingerprint density at radius 2 is 1.95 bits per heavy atom. The van der Waals surface area contributed by atoms with Gasteiger partial charge in [0.25, 0.3) is 0 Å². The number of thiocarbonyl (C=S) groups is 1. The van der Waals surface area contributed by atoms with E-state index in [9.17, 15) is 4.79 Å². The first-order valence-electron chi connectivity index (χ1n) is 7.60. The van der Waals surface area contributed by atoms with Crippen LogP contribution in [0.5, 0.6) is 0 Å². The van der Waals surface area contributed by atoms with Crippen molar-refractivity contribution in [2.24, 2.45) is 11.1 Å². The van der Waals surface area contributed by atoms with Gasteiger partial charge in [-0.15, -0.1) is 11.3 Å². The molecule has 1 aliphatic carbocycles. The number of nitrogens with one attached hydrogen (secondary N) is 1. The number of nitrogens with two attached hydrogens (primary N) is 1. The molecular formula is C16H24N2OS2. The molecule has 2 rings (SSSR count). The minimum absolute atomic E-state index is 0.0145. The van der Waals surface area contributed by atoms with E-state index in [1.807, 2.05) is 0 Å². The van der Waals surface area contributed by atoms with Crippen molar-refractivity contribution >= 4 is 34.5 Å². The van der Waals surface area contributed by atoms with E-state index < -0.39 is 5.41 Å². The Morgan fingerprint density at radius 1 is 1.33 bits per heavy atom. The standard InChI is InChI=1S/C16H24N2OS2/c1-11-9-13(21-12(11)2)10-18-15(19)16(14(17)20)7-5-3-4-6-8-16/h9H,3-8,10H2,1-2H3,(H2,17,20)(H,18,19). The fraction of sp³-hybridized carbons (Fsp3) is 0.625. The van der Waals surface area contributed by atoms with E-state index in [4.69, 9.17) is 18.0 Å². The molecule has 0 bridgehead atoms. The van der Waals surface area contributed by atoms with Crippen LogP contribution in [0.3, 0.4) is 0 Å². The van der Waals surface area contributed by atoms with Crippen molar-refractivity contribution in [3.63, 3.8) is 0 Å². The van der Waals surface area contributed by atoms with E-state index in [2.05, 4.69) is 25.2 Å². The van der Waals surface area contributed by atoms with E-state index in [0.717, 1.165) is 25.7 Å². The summed E-state index contributed by atoms with van der Waals surface area (Å²) in [4.78, 5) is 15.6. The molecule has 5 heteroatoms. The predicted octanol–water partition coefficient (Wildman–Crippen LogP) is 3.61. The summed E-state index contributed by atoms with van der Waals surface area (Å²) in [6.45, 7) is 4.77. The second-order valence-corrected chi connectivity index (χ2v) is 7.78. The first-order chi connectivity index (χ1) is 9.95. The van der Waals surface area contributed by atoms with Crippen molar-refractivity contribution in [1.29, 1.82) is 0 Å². The van der Waals surface area contributed by atoms with Crippen molar-refractivity contribution in [3.05, 3.63) is 21.4 Å². The van der Waals surface area contributed by atoms with Gasteiger partial charge in [0.05, 0.1) is 16.9 Å². The molecule has 0 aliphatic heterocycles. The summed E-state index contributed by atoms with van der Waals surface area (Å²) in [5, 5.41) is 3.06. The number of rotatable bonds is 4. The lowest BCUT2D eigenvalue weighted by molar-refractivity contribution is -0.128. The molecule has 0 atom stereocenters. The van der Waals surface area contributed by atoms with Crippen LogP contribution < -0.4 is 11.1 Å². The Balaban J connectivity index is 2.06. The van der Waals surface area contributed by atoms with Crippen LogP contribution in [0.1, 0.15) is 53.8 Å². The van der Waals surface area contributed by atoms with Crippen LogP contribution in [0.4, 0.5) is 0 Å². The van der Waals surface area contributed by atoms with Crippen molar-refractivity contribution in [3.8, 4) is 0 Å². The molecule has 1 fully saturated rings. The van der Waals surface area contributed by atoms with E-state index in [1.54, 1.807) is 11.3 Å². The van der Waals surface area contributed by atoms with E-state index >= 15 is 0 Å². The summed E-state index contributed by atoms with van der Waals surface area (Å²) in [5.74, 6) is 0.0145. The quantitative estimate of drug-likeness (QED) is 0.657. The van der Waals surface area contributed by atoms with Crippen LogP contribution >= 0.6 is 23.6 Å². The number of aryl methyl sites for hydroxylation is 2. The highest BCUT2D eigenvalue weighted by Gasteiger charge is 2.41. The summed E-state index contributed by atoms with van der Waals surface area (Å²) < 4.78 is 0. The van der Waals surface area contributed by atoms with Crippen molar-refractivity contribution in [2.45, 2.75) is 58.9 Å². The summed E-state index contributed by atoms with van der Waals surface area (Å²) in [6, 6.07) is 2.14. The van der Waals surface area contributed by atoms with E-state index in [-0.39, 0.29) is 5.91 Å². The average molecular weight is 325 g/mol. The van der Waals surface area contributed by atoms with Crippen molar-refractivity contribution < 1.29 is 4.79 Å². The molecule has 1 aliphatic rings. The summed E-state index contributed by atoms with van der Waals surface area (Å²) in [5.41, 5.74) is 6.59. The maximum atomic E-state index is 12.7. The molecule has 0 radical (unpaired) electrons. The van der Waals surface area contributed by atoms with Gasteiger partial charge in [0, 0.05) is 9.75 Å². The molecule has 21 heavy (non-hydrogen) atoms. The molecule has 0 saturated heterocycles. The molecule has 1 aromatic rings. The number of thiophene rings is 1. The third kappa shape index (κ3) is 3.64. The lowest BCUT2D eigenvalue weighted by atomic mass is 9.79. The van der Waals surface area contributed by atoms with Gasteiger partial charge in [-0.3, -0.25) is 4.79 Å². The zero-order chi connectivity index (χ0) is 15.5. The summed E-state index contributed by atoms with van der Waals surface area (Å²) >= 11 is 6.98. The average Bonchev–Trinajstić information content (AvgIpc) is 2.67. The fourth-order valence-electron chi connectivity index (χ4n) is 2.99. The number of amides is 1. The van der Waals surface area contributed by atoms with Crippen LogP contribution in [0.15, 0.2) is 6.07 Å². The predicted molar refractivity (Wildman–Crippen MR) is 92.6 cm³/mol. The van der Waals surface area contributed by atoms with Gasteiger partial charge >= 0.3 is 0 Å². The highest BCUT2D eigenvalue weighted by atomic mass is 32.1. The molecule has 0 unspecified atom stereocenters. The van der Waals surface area contributed by atoms with Crippen LogP contribution in [-0.2, 0) is 11.3 Å². The highest BCUT2D eigenvalue weighted by molar-refractivity contribution is 7.80. The van der Waals surface area contributed by atoms with Gasteiger partial charge in [0.2, 0.25) is 5.91 Å². The largest absolute Gasteiger partial charge is 0.392 e. The fourth-order valence-corrected chi connectivity index (χ4v) is 4.28. The Kier molecular flexibility index (Phi) is 5.38. The normalized spacial score (nSPS) is 18.0. The lowest BCUT2D eigenvalue weighted by Gasteiger charge is -2.30. The first-order valence-corrected chi connectivity index (χ1v) is 8.82. The van der Waals surface area contributed by atoms with Gasteiger partial charge < -0.3 is 11.1 Å². The molecule has 3 nitrogen and oxygen atoms in total. The van der Waals surface area contributed by atoms with Gasteiger partial charge in [-0.2, -0.15) is 0 Å². The van der Waals surface area contributed by atoms with Gasteiger partial charge in [-0.05, 0) is 38.3 Å². The van der Waals surface area contributed by atoms with E-state index in [0.29, 0.717) is 11.5 Å². The van der Waals surface area contributed by atoms with Gasteiger partial charge in [-0.25, -0.2) is 0 Å². The molecule has 1 saturated carbocycles. The van der Waals surface area contributed by atoms with Gasteiger partial charge in [0.1, 0.15) is 0 Å². The lowest BCUT2D eigenvalue weighted by Crippen LogP contribution is -2.48. The molecule has 3 N–H and O–H groups in total. The van der Waals surface area contributed by atoms with Crippen LogP contribution in [-0.4, -0.2) is 10.9 Å². The van der Waals surface area contributed by atoms with Gasteiger partial charge in [-0.1, -0.05) is 37.9 Å². The van der Waals surface area contributed by atoms with Gasteiger partial charge in [0.15, 0.2) is 0 Å². The molecule has 1 aromatic heterocycles. The Bertz CT molecular complexity index is 509. The topological polar surface area (TPSA) is 55.1 Å². The molecule has 1 amide bonds. The third-order valence-electron chi connectivity index (χ3n) is 4.50. The second kappa shape index (κ2) is 6.88. The van der Waals surface area contributed by atoms with Crippen LogP contribution in [0.2, 0.25) is 0 Å². The van der Waals surface area contributed by atoms with Crippen molar-refractivity contribution in [2.75, 3.05) is 0 Å². The minimum atomic E-state index is -0.632. The van der Waals surface area contributed by atoms with Crippen LogP contribution in [0, 0.1) is 19.3 Å². The Hall–Kier alpha value is -0.940. The molecular weight excluding hydrogens is 300 g/mol. The smallest absolute Gasteiger partial charge is 0.233 e. The van der Waals surface area contributed by atoms with E-state index in [1.165, 1.54) is 28.2 Å². The summed E-state index contributed by atoms with van der Waals surface area (Å²) in [7, 11) is 0. The third-order valence-corrected chi connectivity index (χ3v) is 6.05. The summed E-state index contributed by atoms with van der Waals surface area (Å²) in [6.07, 6.45) is 5.97. The van der Waals surface area contributed by atoms with Crippen molar-refractivity contribution in [1.82, 2.24) is 5.32 Å². The monoisotopic (exact) mass is 324 g/mol. The molecule has 0 aromatic carbocycles. The Morgan fingerprint density at radius 3 is 2.43 bits per heavy atom. The number of hydrogen-bond acceptors (Lipinski definition) is 3. The first kappa shape index (κ1) is 16.4. The number of carbonyl (C=O) groups excluding carboxylic acids is 1. The number of carbonyl (C=O) groups is 1. The molecule has 0 spiro atoms. The zero-order valence-corrected chi connectivity index (χ0v) is 14.5. The molecule has 116 valence electrons. The zero-order valence-electron chi connectivity index (χ0n) is 12.8. The highest BCUT2D eigenvalue weighted by Crippen LogP contribution is 2.36. The second-order valence-electron chi connectivity index (χ2n) is 6.00. The maximum Gasteiger partial charge on any atom is 0.233 e. The SMILES string of the molecule is Cc1cc(CNC(=O)C2(C(N)=S)CCCCCC2)sc1C. The molecule has 1 heterocycles. The minimum Gasteiger partial charge on any atom is -0.392 e. The van der Waals surface area contributed by atoms with Crippen LogP contribution in [0.25, 0.3) is 0 Å². The number of hydrogen-bond donors (Lipinski definition) is 2. The Labute approximate surface area is 136 Å².